The van der Waals surface area contributed by atoms with Crippen molar-refractivity contribution in [3.05, 3.63) is 95.6 Å². The van der Waals surface area contributed by atoms with Gasteiger partial charge in [0.05, 0.1) is 83.9 Å². The standard InChI is InChI=1S/C47H65N3O10P2/c1-32(2)50(33(3)4)61(54-28-14-26-48)59-45-34(5)36(7)58-44(45)31-56-62(55-29-15-27-49)60-46-35(6)37(8)57-43(46)30-53-47(38-16-12-11-13-17-38,39-18-22-41(51-9)23-19-39)40-20-24-42(52-10)25-21-40/h11-13,16-25,32-37,43-46H,14-15,28-31H2,1-10H3/t34-,35-,36+,37+,43-,44-,45?,46-,61?,62?/m1/s1. The van der Waals surface area contributed by atoms with Crippen LogP contribution in [0.25, 0.3) is 0 Å². The third-order valence-electron chi connectivity index (χ3n) is 11.5. The zero-order valence-electron chi connectivity index (χ0n) is 37.8. The largest absolute Gasteiger partial charge is 0.497 e. The molecule has 0 spiro atoms. The van der Waals surface area contributed by atoms with Crippen LogP contribution in [0.15, 0.2) is 78.9 Å². The second-order valence-electron chi connectivity index (χ2n) is 16.2. The molecular formula is C47H65N3O10P2. The highest BCUT2D eigenvalue weighted by molar-refractivity contribution is 7.44. The van der Waals surface area contributed by atoms with E-state index in [0.29, 0.717) is 0 Å². The van der Waals surface area contributed by atoms with E-state index in [1.807, 2.05) is 80.6 Å². The topological polar surface area (TPSA) is 143 Å². The molecule has 2 heterocycles. The van der Waals surface area contributed by atoms with Crippen molar-refractivity contribution in [1.82, 2.24) is 4.67 Å². The Morgan fingerprint density at radius 3 is 1.58 bits per heavy atom. The molecule has 5 rings (SSSR count). The van der Waals surface area contributed by atoms with Crippen LogP contribution in [0.4, 0.5) is 0 Å². The highest BCUT2D eigenvalue weighted by Gasteiger charge is 2.48. The fraction of sp³-hybridized carbons (Fsp3) is 0.574. The van der Waals surface area contributed by atoms with Crippen LogP contribution in [0, 0.1) is 34.5 Å². The molecule has 10 atom stereocenters. The lowest BCUT2D eigenvalue weighted by atomic mass is 9.80. The summed E-state index contributed by atoms with van der Waals surface area (Å²) in [6.07, 6.45) is -1.69. The number of methoxy groups -OCH3 is 2. The molecule has 0 bridgehead atoms. The lowest BCUT2D eigenvalue weighted by molar-refractivity contribution is -0.0794. The summed E-state index contributed by atoms with van der Waals surface area (Å²) in [6.45, 7) is 17.4. The molecule has 0 amide bonds. The smallest absolute Gasteiger partial charge is 0.333 e. The number of benzene rings is 3. The van der Waals surface area contributed by atoms with Crippen LogP contribution >= 0.6 is 17.1 Å². The maximum atomic E-state index is 9.43. The van der Waals surface area contributed by atoms with Crippen molar-refractivity contribution in [2.75, 3.05) is 40.6 Å². The highest BCUT2D eigenvalue weighted by Crippen LogP contribution is 2.52. The van der Waals surface area contributed by atoms with E-state index in [0.717, 1.165) is 28.2 Å². The third kappa shape index (κ3) is 12.3. The van der Waals surface area contributed by atoms with E-state index in [4.69, 9.17) is 46.3 Å². The van der Waals surface area contributed by atoms with Gasteiger partial charge in [0.1, 0.15) is 35.4 Å². The number of ether oxygens (including phenoxy) is 5. The summed E-state index contributed by atoms with van der Waals surface area (Å²) in [5, 5.41) is 18.7. The van der Waals surface area contributed by atoms with E-state index in [2.05, 4.69) is 70.5 Å². The molecule has 3 aromatic carbocycles. The minimum Gasteiger partial charge on any atom is -0.497 e. The van der Waals surface area contributed by atoms with E-state index < -0.39 is 41.0 Å². The van der Waals surface area contributed by atoms with E-state index in [-0.39, 0.29) is 81.5 Å². The van der Waals surface area contributed by atoms with Gasteiger partial charge in [0.25, 0.3) is 8.53 Å². The van der Waals surface area contributed by atoms with Crippen LogP contribution in [-0.2, 0) is 42.4 Å². The first-order valence-electron chi connectivity index (χ1n) is 21.5. The fourth-order valence-electron chi connectivity index (χ4n) is 7.94. The van der Waals surface area contributed by atoms with Crippen molar-refractivity contribution in [3.8, 4) is 23.6 Å². The predicted molar refractivity (Wildman–Crippen MR) is 239 cm³/mol. The zero-order chi connectivity index (χ0) is 44.8. The first-order chi connectivity index (χ1) is 29.9. The molecule has 2 aliphatic rings. The lowest BCUT2D eigenvalue weighted by Gasteiger charge is -2.38. The van der Waals surface area contributed by atoms with Crippen LogP contribution in [0.5, 0.6) is 11.5 Å². The number of hydrogen-bond donors (Lipinski definition) is 0. The van der Waals surface area contributed by atoms with Gasteiger partial charge in [0, 0.05) is 23.9 Å². The molecule has 0 aliphatic carbocycles. The Labute approximate surface area is 371 Å². The minimum atomic E-state index is -1.99. The molecule has 62 heavy (non-hydrogen) atoms. The average Bonchev–Trinajstić information content (AvgIpc) is 3.70. The molecular weight excluding hydrogens is 828 g/mol. The van der Waals surface area contributed by atoms with Gasteiger partial charge in [-0.15, -0.1) is 0 Å². The van der Waals surface area contributed by atoms with Crippen LogP contribution in [0.3, 0.4) is 0 Å². The Morgan fingerprint density at radius 2 is 1.10 bits per heavy atom. The Balaban J connectivity index is 1.41. The molecule has 3 unspecified atom stereocenters. The summed E-state index contributed by atoms with van der Waals surface area (Å²) in [5.41, 5.74) is 1.67. The second kappa shape index (κ2) is 24.1. The van der Waals surface area contributed by atoms with Crippen molar-refractivity contribution >= 4 is 17.1 Å². The van der Waals surface area contributed by atoms with E-state index in [1.54, 1.807) is 14.2 Å². The lowest BCUT2D eigenvalue weighted by Crippen LogP contribution is -2.39. The van der Waals surface area contributed by atoms with Crippen LogP contribution < -0.4 is 9.47 Å². The van der Waals surface area contributed by atoms with Gasteiger partial charge in [-0.3, -0.25) is 0 Å². The number of hydrogen-bond acceptors (Lipinski definition) is 13. The average molecular weight is 894 g/mol. The van der Waals surface area contributed by atoms with Crippen molar-refractivity contribution in [3.63, 3.8) is 0 Å². The highest BCUT2D eigenvalue weighted by atomic mass is 31.2. The van der Waals surface area contributed by atoms with E-state index >= 15 is 0 Å². The predicted octanol–water partition coefficient (Wildman–Crippen LogP) is 10.1. The normalized spacial score (nSPS) is 24.9. The first-order valence-corrected chi connectivity index (χ1v) is 23.7. The van der Waals surface area contributed by atoms with Gasteiger partial charge < -0.3 is 46.3 Å². The molecule has 15 heteroatoms. The third-order valence-corrected chi connectivity index (χ3v) is 14.8. The monoisotopic (exact) mass is 893 g/mol. The summed E-state index contributed by atoms with van der Waals surface area (Å²) < 4.78 is 66.3. The summed E-state index contributed by atoms with van der Waals surface area (Å²) in [6, 6.07) is 30.6. The zero-order valence-corrected chi connectivity index (χ0v) is 39.6. The molecule has 0 radical (unpaired) electrons. The first kappa shape index (κ1) is 49.8. The van der Waals surface area contributed by atoms with Gasteiger partial charge in [-0.1, -0.05) is 68.4 Å². The van der Waals surface area contributed by atoms with Crippen molar-refractivity contribution in [2.24, 2.45) is 11.8 Å². The molecule has 2 saturated heterocycles. The maximum Gasteiger partial charge on any atom is 0.333 e. The Kier molecular flexibility index (Phi) is 19.4. The van der Waals surface area contributed by atoms with Gasteiger partial charge in [-0.05, 0) is 82.5 Å². The molecule has 2 aliphatic heterocycles. The second-order valence-corrected chi connectivity index (χ2v) is 18.8. The van der Waals surface area contributed by atoms with Gasteiger partial charge in [0.15, 0.2) is 0 Å². The fourth-order valence-corrected chi connectivity index (χ4v) is 11.0. The molecule has 0 aromatic heterocycles. The molecule has 13 nitrogen and oxygen atoms in total. The number of nitriles is 2. The Bertz CT molecular complexity index is 1810. The van der Waals surface area contributed by atoms with Crippen molar-refractivity contribution in [1.29, 1.82) is 10.5 Å². The SMILES string of the molecule is COc1ccc(C(OC[C@H]2O[C@@H](C)[C@@H](C)[C@H]2OP(OCCC#N)OC[C@H]2O[C@@H](C)[C@@H](C)C2OP(OCCC#N)N(C(C)C)C(C)C)(c2ccccc2)c2ccc(OC)cc2)cc1. The molecule has 2 fully saturated rings. The maximum absolute atomic E-state index is 9.43. The molecule has 3 aromatic rings. The summed E-state index contributed by atoms with van der Waals surface area (Å²) >= 11 is 0. The van der Waals surface area contributed by atoms with Crippen molar-refractivity contribution < 1.29 is 46.3 Å². The molecule has 0 N–H and O–H groups in total. The van der Waals surface area contributed by atoms with Gasteiger partial charge in [0.2, 0.25) is 0 Å². The van der Waals surface area contributed by atoms with Gasteiger partial charge in [-0.25, -0.2) is 4.67 Å². The van der Waals surface area contributed by atoms with Gasteiger partial charge >= 0.3 is 8.60 Å². The molecule has 338 valence electrons. The molecule has 0 saturated carbocycles. The van der Waals surface area contributed by atoms with Gasteiger partial charge in [-0.2, -0.15) is 10.5 Å². The van der Waals surface area contributed by atoms with E-state index in [1.165, 1.54) is 0 Å². The summed E-state index contributed by atoms with van der Waals surface area (Å²) in [5.74, 6) is 1.42. The quantitative estimate of drug-likeness (QED) is 0.0479. The minimum absolute atomic E-state index is 0.0212. The van der Waals surface area contributed by atoms with Crippen LogP contribution in [0.1, 0.15) is 84.9 Å². The van der Waals surface area contributed by atoms with Crippen LogP contribution in [-0.4, -0.2) is 94.0 Å². The summed E-state index contributed by atoms with van der Waals surface area (Å²) in [4.78, 5) is 0. The van der Waals surface area contributed by atoms with Crippen LogP contribution in [0.2, 0.25) is 0 Å². The Hall–Kier alpha value is -3.26. The summed E-state index contributed by atoms with van der Waals surface area (Å²) in [7, 11) is -0.215. The number of nitrogens with zero attached hydrogens (tertiary/aromatic N) is 3. The van der Waals surface area contributed by atoms with Crippen molar-refractivity contribution in [2.45, 2.75) is 123 Å². The number of rotatable bonds is 24. The Morgan fingerprint density at radius 1 is 0.629 bits per heavy atom. The van der Waals surface area contributed by atoms with E-state index in [9.17, 15) is 10.5 Å².